The van der Waals surface area contributed by atoms with E-state index in [1.165, 1.54) is 0 Å². The van der Waals surface area contributed by atoms with Crippen molar-refractivity contribution in [1.29, 1.82) is 0 Å². The monoisotopic (exact) mass is 243 g/mol. The maximum atomic E-state index is 12.4. The molecule has 0 N–H and O–H groups in total. The SMILES string of the molecule is CCN(CC)C(=O)c1ccccc1-c1ccco1. The molecule has 0 bridgehead atoms. The molecule has 0 atom stereocenters. The summed E-state index contributed by atoms with van der Waals surface area (Å²) in [6, 6.07) is 11.2. The van der Waals surface area contributed by atoms with Gasteiger partial charge in [-0.1, -0.05) is 18.2 Å². The van der Waals surface area contributed by atoms with Gasteiger partial charge in [0.15, 0.2) is 0 Å². The molecule has 3 nitrogen and oxygen atoms in total. The molecule has 1 aromatic heterocycles. The van der Waals surface area contributed by atoms with Crippen molar-refractivity contribution in [1.82, 2.24) is 4.90 Å². The van der Waals surface area contributed by atoms with Crippen molar-refractivity contribution < 1.29 is 9.21 Å². The van der Waals surface area contributed by atoms with Gasteiger partial charge in [0, 0.05) is 18.7 Å². The Morgan fingerprint density at radius 2 is 1.83 bits per heavy atom. The van der Waals surface area contributed by atoms with Crippen molar-refractivity contribution in [3.05, 3.63) is 48.2 Å². The van der Waals surface area contributed by atoms with Crippen LogP contribution in [0.2, 0.25) is 0 Å². The average Bonchev–Trinajstić information content (AvgIpc) is 2.94. The second-order valence-electron chi connectivity index (χ2n) is 4.00. The molecule has 0 aliphatic heterocycles. The summed E-state index contributed by atoms with van der Waals surface area (Å²) in [6.45, 7) is 5.39. The number of amides is 1. The predicted molar refractivity (Wildman–Crippen MR) is 71.4 cm³/mol. The number of carbonyl (C=O) groups is 1. The summed E-state index contributed by atoms with van der Waals surface area (Å²) in [4.78, 5) is 14.2. The molecule has 1 aromatic carbocycles. The van der Waals surface area contributed by atoms with E-state index in [1.807, 2.05) is 55.1 Å². The van der Waals surface area contributed by atoms with Crippen molar-refractivity contribution in [3.8, 4) is 11.3 Å². The lowest BCUT2D eigenvalue weighted by Gasteiger charge is -2.19. The maximum absolute atomic E-state index is 12.4. The Hall–Kier alpha value is -2.03. The molecular weight excluding hydrogens is 226 g/mol. The Balaban J connectivity index is 2.42. The van der Waals surface area contributed by atoms with E-state index >= 15 is 0 Å². The molecule has 94 valence electrons. The zero-order valence-electron chi connectivity index (χ0n) is 10.7. The third-order valence-electron chi connectivity index (χ3n) is 2.99. The number of furan rings is 1. The van der Waals surface area contributed by atoms with Gasteiger partial charge in [-0.15, -0.1) is 0 Å². The molecule has 0 aliphatic carbocycles. The minimum absolute atomic E-state index is 0.0481. The molecule has 18 heavy (non-hydrogen) atoms. The normalized spacial score (nSPS) is 10.3. The highest BCUT2D eigenvalue weighted by Gasteiger charge is 2.17. The van der Waals surface area contributed by atoms with Gasteiger partial charge in [0.1, 0.15) is 5.76 Å². The zero-order chi connectivity index (χ0) is 13.0. The van der Waals surface area contributed by atoms with Crippen LogP contribution in [-0.4, -0.2) is 23.9 Å². The minimum Gasteiger partial charge on any atom is -0.464 e. The van der Waals surface area contributed by atoms with Gasteiger partial charge in [0.2, 0.25) is 0 Å². The quantitative estimate of drug-likeness (QED) is 0.824. The van der Waals surface area contributed by atoms with Gasteiger partial charge in [0.25, 0.3) is 5.91 Å². The van der Waals surface area contributed by atoms with E-state index in [9.17, 15) is 4.79 Å². The van der Waals surface area contributed by atoms with Gasteiger partial charge in [0.05, 0.1) is 11.8 Å². The lowest BCUT2D eigenvalue weighted by Crippen LogP contribution is -2.30. The van der Waals surface area contributed by atoms with Gasteiger partial charge in [-0.3, -0.25) is 4.79 Å². The van der Waals surface area contributed by atoms with E-state index in [0.29, 0.717) is 18.7 Å². The molecule has 0 spiro atoms. The number of hydrogen-bond acceptors (Lipinski definition) is 2. The molecule has 0 radical (unpaired) electrons. The Kier molecular flexibility index (Phi) is 3.82. The van der Waals surface area contributed by atoms with Crippen molar-refractivity contribution >= 4 is 5.91 Å². The summed E-state index contributed by atoms with van der Waals surface area (Å²) in [5.74, 6) is 0.776. The number of hydrogen-bond donors (Lipinski definition) is 0. The highest BCUT2D eigenvalue weighted by Crippen LogP contribution is 2.25. The Morgan fingerprint density at radius 3 is 2.44 bits per heavy atom. The fourth-order valence-corrected chi connectivity index (χ4v) is 2.00. The summed E-state index contributed by atoms with van der Waals surface area (Å²) in [5, 5.41) is 0. The maximum Gasteiger partial charge on any atom is 0.254 e. The summed E-state index contributed by atoms with van der Waals surface area (Å²) in [6.07, 6.45) is 1.62. The molecule has 0 fully saturated rings. The molecule has 2 aromatic rings. The molecule has 0 saturated heterocycles. The first-order valence-corrected chi connectivity index (χ1v) is 6.20. The van der Waals surface area contributed by atoms with Crippen molar-refractivity contribution in [3.63, 3.8) is 0 Å². The second kappa shape index (κ2) is 5.54. The first-order chi connectivity index (χ1) is 8.77. The average molecular weight is 243 g/mol. The van der Waals surface area contributed by atoms with Gasteiger partial charge in [-0.25, -0.2) is 0 Å². The summed E-state index contributed by atoms with van der Waals surface area (Å²) >= 11 is 0. The zero-order valence-corrected chi connectivity index (χ0v) is 10.7. The minimum atomic E-state index is 0.0481. The van der Waals surface area contributed by atoms with Crippen molar-refractivity contribution in [2.75, 3.05) is 13.1 Å². The Labute approximate surface area is 107 Å². The topological polar surface area (TPSA) is 33.5 Å². The van der Waals surface area contributed by atoms with Crippen LogP contribution >= 0.6 is 0 Å². The van der Waals surface area contributed by atoms with Gasteiger partial charge < -0.3 is 9.32 Å². The van der Waals surface area contributed by atoms with E-state index < -0.39 is 0 Å². The van der Waals surface area contributed by atoms with Crippen molar-refractivity contribution in [2.24, 2.45) is 0 Å². The smallest absolute Gasteiger partial charge is 0.254 e. The number of rotatable bonds is 4. The lowest BCUT2D eigenvalue weighted by molar-refractivity contribution is 0.0773. The largest absolute Gasteiger partial charge is 0.464 e. The van der Waals surface area contributed by atoms with Crippen LogP contribution in [-0.2, 0) is 0 Å². The summed E-state index contributed by atoms with van der Waals surface area (Å²) < 4.78 is 5.39. The fourth-order valence-electron chi connectivity index (χ4n) is 2.00. The Bertz CT molecular complexity index is 513. The van der Waals surface area contributed by atoms with Crippen LogP contribution in [0.1, 0.15) is 24.2 Å². The molecule has 0 aliphatic rings. The lowest BCUT2D eigenvalue weighted by atomic mass is 10.0. The Morgan fingerprint density at radius 1 is 1.11 bits per heavy atom. The fraction of sp³-hybridized carbons (Fsp3) is 0.267. The number of nitrogens with zero attached hydrogens (tertiary/aromatic N) is 1. The third kappa shape index (κ3) is 2.30. The second-order valence-corrected chi connectivity index (χ2v) is 4.00. The van der Waals surface area contributed by atoms with Crippen LogP contribution in [0.5, 0.6) is 0 Å². The van der Waals surface area contributed by atoms with Crippen molar-refractivity contribution in [2.45, 2.75) is 13.8 Å². The first-order valence-electron chi connectivity index (χ1n) is 6.20. The van der Waals surface area contributed by atoms with Crippen LogP contribution in [0, 0.1) is 0 Å². The molecule has 2 rings (SSSR count). The predicted octanol–water partition coefficient (Wildman–Crippen LogP) is 3.43. The highest BCUT2D eigenvalue weighted by atomic mass is 16.3. The summed E-state index contributed by atoms with van der Waals surface area (Å²) in [7, 11) is 0. The molecule has 0 unspecified atom stereocenters. The first kappa shape index (κ1) is 12.4. The standard InChI is InChI=1S/C15H17NO2/c1-3-16(4-2)15(17)13-9-6-5-8-12(13)14-10-7-11-18-14/h5-11H,3-4H2,1-2H3. The molecule has 0 saturated carbocycles. The number of carbonyl (C=O) groups excluding carboxylic acids is 1. The van der Waals surface area contributed by atoms with Gasteiger partial charge >= 0.3 is 0 Å². The van der Waals surface area contributed by atoms with E-state index in [2.05, 4.69) is 0 Å². The van der Waals surface area contributed by atoms with E-state index in [-0.39, 0.29) is 5.91 Å². The van der Waals surface area contributed by atoms with Gasteiger partial charge in [-0.05, 0) is 32.0 Å². The van der Waals surface area contributed by atoms with E-state index in [0.717, 1.165) is 11.3 Å². The van der Waals surface area contributed by atoms with Crippen LogP contribution in [0.3, 0.4) is 0 Å². The number of benzene rings is 1. The third-order valence-corrected chi connectivity index (χ3v) is 2.99. The van der Waals surface area contributed by atoms with E-state index in [4.69, 9.17) is 4.42 Å². The van der Waals surface area contributed by atoms with Crippen LogP contribution in [0.4, 0.5) is 0 Å². The molecule has 3 heteroatoms. The summed E-state index contributed by atoms with van der Waals surface area (Å²) in [5.41, 5.74) is 1.54. The van der Waals surface area contributed by atoms with Crippen LogP contribution in [0.15, 0.2) is 47.1 Å². The highest BCUT2D eigenvalue weighted by molar-refractivity contribution is 6.00. The van der Waals surface area contributed by atoms with E-state index in [1.54, 1.807) is 6.26 Å². The van der Waals surface area contributed by atoms with Crippen LogP contribution in [0.25, 0.3) is 11.3 Å². The molecule has 1 amide bonds. The van der Waals surface area contributed by atoms with Gasteiger partial charge in [-0.2, -0.15) is 0 Å². The van der Waals surface area contributed by atoms with Crippen LogP contribution < -0.4 is 0 Å². The molecule has 1 heterocycles. The molecular formula is C15H17NO2.